The van der Waals surface area contributed by atoms with Crippen LogP contribution in [0.1, 0.15) is 0 Å². The van der Waals surface area contributed by atoms with Crippen LogP contribution in [0.5, 0.6) is 0 Å². The molecule has 3 heteroatoms. The molecular weight excluding hydrogens is 82.0 g/mol. The van der Waals surface area contributed by atoms with E-state index in [2.05, 4.69) is 18.6 Å². The first-order valence-electron chi connectivity index (χ1n) is 1.05. The van der Waals surface area contributed by atoms with Gasteiger partial charge in [-0.25, -0.2) is 4.79 Å². The summed E-state index contributed by atoms with van der Waals surface area (Å²) in [4.78, 5) is 8.78. The van der Waals surface area contributed by atoms with E-state index in [1.54, 1.807) is 0 Å². The molecule has 0 radical (unpaired) electrons. The molecule has 0 heterocycles. The van der Waals surface area contributed by atoms with Crippen LogP contribution in [0.25, 0.3) is 0 Å². The standard InChI is InChI=1S/C2H2.CH3NO2/c1-2;2-1(3)4/h1-2H;2H2,(H,3,4). The van der Waals surface area contributed by atoms with E-state index < -0.39 is 6.09 Å². The first kappa shape index (κ1) is 8.85. The molecule has 0 atom stereocenters. The summed E-state index contributed by atoms with van der Waals surface area (Å²) in [6.45, 7) is 0. The Morgan fingerprint density at radius 3 is 1.67 bits per heavy atom. The molecule has 0 saturated heterocycles. The molecule has 0 fully saturated rings. The van der Waals surface area contributed by atoms with Gasteiger partial charge in [0.15, 0.2) is 0 Å². The molecule has 0 bridgehead atoms. The van der Waals surface area contributed by atoms with Crippen molar-refractivity contribution in [3.8, 4) is 12.8 Å². The van der Waals surface area contributed by atoms with Crippen LogP contribution in [0.15, 0.2) is 0 Å². The molecule has 0 rings (SSSR count). The fourth-order valence-corrected chi connectivity index (χ4v) is 0. The Morgan fingerprint density at radius 2 is 1.67 bits per heavy atom. The Morgan fingerprint density at radius 1 is 1.67 bits per heavy atom. The van der Waals surface area contributed by atoms with Crippen molar-refractivity contribution in [1.82, 2.24) is 0 Å². The number of amides is 1. The molecule has 0 saturated carbocycles. The largest absolute Gasteiger partial charge is 0.465 e. The van der Waals surface area contributed by atoms with Gasteiger partial charge in [0.1, 0.15) is 0 Å². The second kappa shape index (κ2) is 9.16. The first-order chi connectivity index (χ1) is 2.73. The Hall–Kier alpha value is -1.17. The summed E-state index contributed by atoms with van der Waals surface area (Å²) >= 11 is 0. The number of hydrogen-bond donors (Lipinski definition) is 2. The van der Waals surface area contributed by atoms with Gasteiger partial charge in [-0.05, 0) is 0 Å². The van der Waals surface area contributed by atoms with E-state index in [-0.39, 0.29) is 0 Å². The number of carboxylic acid groups (broad SMARTS) is 1. The Bertz CT molecular complexity index is 53.1. The number of rotatable bonds is 0. The van der Waals surface area contributed by atoms with Crippen molar-refractivity contribution in [2.24, 2.45) is 5.73 Å². The monoisotopic (exact) mass is 87.0 g/mol. The van der Waals surface area contributed by atoms with Crippen molar-refractivity contribution < 1.29 is 9.90 Å². The van der Waals surface area contributed by atoms with Crippen LogP contribution in [0.3, 0.4) is 0 Å². The normalized spacial score (nSPS) is 4.33. The number of nitrogens with two attached hydrogens (primary N) is 1. The zero-order valence-corrected chi connectivity index (χ0v) is 3.09. The summed E-state index contributed by atoms with van der Waals surface area (Å²) < 4.78 is 0. The highest BCUT2D eigenvalue weighted by Gasteiger charge is 1.65. The second-order valence-corrected chi connectivity index (χ2v) is 0.338. The summed E-state index contributed by atoms with van der Waals surface area (Å²) in [7, 11) is 0. The minimum Gasteiger partial charge on any atom is -0.465 e. The Balaban J connectivity index is 0. The average molecular weight is 87.1 g/mol. The Labute approximate surface area is 35.8 Å². The smallest absolute Gasteiger partial charge is 0.402 e. The predicted molar refractivity (Wildman–Crippen MR) is 22.1 cm³/mol. The van der Waals surface area contributed by atoms with Crippen molar-refractivity contribution >= 4 is 6.09 Å². The molecule has 6 heavy (non-hydrogen) atoms. The number of primary amides is 1. The average Bonchev–Trinajstić information content (AvgIpc) is 1.41. The minimum absolute atomic E-state index is 1.33. The van der Waals surface area contributed by atoms with Crippen LogP contribution < -0.4 is 5.73 Å². The SMILES string of the molecule is C#C.NC(=O)O. The summed E-state index contributed by atoms with van der Waals surface area (Å²) in [5.41, 5.74) is 4.03. The van der Waals surface area contributed by atoms with Crippen LogP contribution in [-0.2, 0) is 0 Å². The quantitative estimate of drug-likeness (QED) is 0.404. The van der Waals surface area contributed by atoms with Gasteiger partial charge in [-0.2, -0.15) is 0 Å². The van der Waals surface area contributed by atoms with Crippen molar-refractivity contribution in [1.29, 1.82) is 0 Å². The van der Waals surface area contributed by atoms with Gasteiger partial charge < -0.3 is 10.8 Å². The van der Waals surface area contributed by atoms with Gasteiger partial charge in [-0.3, -0.25) is 0 Å². The van der Waals surface area contributed by atoms with Gasteiger partial charge >= 0.3 is 6.09 Å². The molecule has 0 aromatic heterocycles. The lowest BCUT2D eigenvalue weighted by molar-refractivity contribution is 0.205. The lowest BCUT2D eigenvalue weighted by Crippen LogP contribution is -2.03. The van der Waals surface area contributed by atoms with E-state index in [0.29, 0.717) is 0 Å². The maximum atomic E-state index is 8.78. The summed E-state index contributed by atoms with van der Waals surface area (Å²) in [6, 6.07) is 0. The highest BCUT2D eigenvalue weighted by molar-refractivity contribution is 5.61. The molecule has 3 N–H and O–H groups in total. The molecule has 0 unspecified atom stereocenters. The van der Waals surface area contributed by atoms with Gasteiger partial charge in [0, 0.05) is 0 Å². The summed E-state index contributed by atoms with van der Waals surface area (Å²) in [5.74, 6) is 0. The summed E-state index contributed by atoms with van der Waals surface area (Å²) in [5, 5.41) is 7.19. The minimum atomic E-state index is -1.33. The van der Waals surface area contributed by atoms with Gasteiger partial charge in [0.25, 0.3) is 0 Å². The molecule has 0 aromatic carbocycles. The third-order valence-corrected chi connectivity index (χ3v) is 0. The van der Waals surface area contributed by atoms with Gasteiger partial charge in [-0.15, -0.1) is 12.8 Å². The van der Waals surface area contributed by atoms with Gasteiger partial charge in [0.05, 0.1) is 0 Å². The molecule has 0 aromatic rings. The molecule has 1 amide bonds. The van der Waals surface area contributed by atoms with Crippen LogP contribution in [0.4, 0.5) is 4.79 Å². The van der Waals surface area contributed by atoms with E-state index in [0.717, 1.165) is 0 Å². The molecule has 0 aliphatic carbocycles. The first-order valence-corrected chi connectivity index (χ1v) is 1.05. The molecule has 0 aliphatic heterocycles. The Kier molecular flexibility index (Phi) is 13.5. The van der Waals surface area contributed by atoms with Crippen LogP contribution in [0.2, 0.25) is 0 Å². The van der Waals surface area contributed by atoms with Crippen molar-refractivity contribution in [2.75, 3.05) is 0 Å². The van der Waals surface area contributed by atoms with Gasteiger partial charge in [-0.1, -0.05) is 0 Å². The molecule has 3 nitrogen and oxygen atoms in total. The lowest BCUT2D eigenvalue weighted by atomic mass is 11.3. The van der Waals surface area contributed by atoms with Gasteiger partial charge in [0.2, 0.25) is 0 Å². The van der Waals surface area contributed by atoms with E-state index in [9.17, 15) is 0 Å². The van der Waals surface area contributed by atoms with E-state index >= 15 is 0 Å². The van der Waals surface area contributed by atoms with Crippen molar-refractivity contribution in [3.63, 3.8) is 0 Å². The molecule has 0 spiro atoms. The highest BCUT2D eigenvalue weighted by Crippen LogP contribution is 1.34. The fourth-order valence-electron chi connectivity index (χ4n) is 0. The zero-order chi connectivity index (χ0) is 5.58. The predicted octanol–water partition coefficient (Wildman–Crippen LogP) is -0.127. The number of carbonyl (C=O) groups is 1. The fraction of sp³-hybridized carbons (Fsp3) is 0. The maximum Gasteiger partial charge on any atom is 0.402 e. The van der Waals surface area contributed by atoms with E-state index in [1.165, 1.54) is 0 Å². The molecule has 34 valence electrons. The maximum absolute atomic E-state index is 8.78. The van der Waals surface area contributed by atoms with Crippen LogP contribution in [-0.4, -0.2) is 11.2 Å². The number of terminal acetylenes is 1. The zero-order valence-electron chi connectivity index (χ0n) is 3.09. The van der Waals surface area contributed by atoms with Crippen LogP contribution in [0, 0.1) is 12.8 Å². The van der Waals surface area contributed by atoms with E-state index in [4.69, 9.17) is 9.90 Å². The summed E-state index contributed by atoms with van der Waals surface area (Å²) in [6.07, 6.45) is 6.67. The third-order valence-electron chi connectivity index (χ3n) is 0. The van der Waals surface area contributed by atoms with E-state index in [1.807, 2.05) is 0 Å². The topological polar surface area (TPSA) is 63.3 Å². The number of hydrogen-bond acceptors (Lipinski definition) is 1. The molecular formula is C3H5NO2. The highest BCUT2D eigenvalue weighted by atomic mass is 16.4. The van der Waals surface area contributed by atoms with Crippen LogP contribution >= 0.6 is 0 Å². The third kappa shape index (κ3) is 6.92. The second-order valence-electron chi connectivity index (χ2n) is 0.338. The van der Waals surface area contributed by atoms with Crippen molar-refractivity contribution in [2.45, 2.75) is 0 Å². The molecule has 0 aliphatic rings. The van der Waals surface area contributed by atoms with Crippen molar-refractivity contribution in [3.05, 3.63) is 0 Å². The lowest BCUT2D eigenvalue weighted by Gasteiger charge is -1.61.